The molecule has 11 N–H and O–H groups in total. The maximum absolute atomic E-state index is 10.7. The van der Waals surface area contributed by atoms with Crippen molar-refractivity contribution >= 4 is 23.3 Å². The van der Waals surface area contributed by atoms with Crippen LogP contribution >= 0.6 is 0 Å². The molecule has 0 aromatic heterocycles. The van der Waals surface area contributed by atoms with Gasteiger partial charge in [-0.15, -0.1) is 0 Å². The number of nitrogens with one attached hydrogen (secondary N) is 1. The summed E-state index contributed by atoms with van der Waals surface area (Å²) in [4.78, 5) is 21.4. The van der Waals surface area contributed by atoms with Crippen LogP contribution in [0.3, 0.4) is 0 Å². The van der Waals surface area contributed by atoms with Crippen molar-refractivity contribution in [3.8, 4) is 46.0 Å². The van der Waals surface area contributed by atoms with Crippen molar-refractivity contribution in [2.24, 2.45) is 0 Å². The van der Waals surface area contributed by atoms with Gasteiger partial charge in [0.25, 0.3) is 0 Å². The number of carboxylic acid groups (broad SMARTS) is 2. The number of anilines is 2. The van der Waals surface area contributed by atoms with Gasteiger partial charge in [-0.25, -0.2) is 0 Å². The van der Waals surface area contributed by atoms with Gasteiger partial charge in [-0.3, -0.25) is 9.59 Å². The lowest BCUT2D eigenvalue weighted by Crippen LogP contribution is -2.01. The summed E-state index contributed by atoms with van der Waals surface area (Å²) in [6.07, 6.45) is -2.06. The molecule has 2 aromatic rings. The number of benzene rings is 2. The van der Waals surface area contributed by atoms with Crippen LogP contribution in [-0.4, -0.2) is 63.0 Å². The van der Waals surface area contributed by atoms with E-state index in [2.05, 4.69) is 5.32 Å². The summed E-state index contributed by atoms with van der Waals surface area (Å²) in [5, 5.41) is 100. The number of carbonyl (C=O) groups is 2. The van der Waals surface area contributed by atoms with Crippen LogP contribution in [-0.2, 0) is 22.4 Å². The molecule has 2 rings (SSSR count). The quantitative estimate of drug-likeness (QED) is 0.203. The van der Waals surface area contributed by atoms with Crippen molar-refractivity contribution < 1.29 is 60.7 Å². The highest BCUT2D eigenvalue weighted by Gasteiger charge is 2.28. The summed E-state index contributed by atoms with van der Waals surface area (Å²) < 4.78 is 0. The average Bonchev–Trinajstić information content (AvgIpc) is 2.70. The molecule has 0 heterocycles. The zero-order valence-electron chi connectivity index (χ0n) is 15.6. The molecule has 0 aliphatic carbocycles. The van der Waals surface area contributed by atoms with Crippen molar-refractivity contribution in [2.75, 3.05) is 5.32 Å². The summed E-state index contributed by atoms with van der Waals surface area (Å²) in [6, 6.07) is 0. The van der Waals surface area contributed by atoms with Crippen molar-refractivity contribution in [2.45, 2.75) is 25.7 Å². The van der Waals surface area contributed by atoms with E-state index in [0.29, 0.717) is 0 Å². The lowest BCUT2D eigenvalue weighted by molar-refractivity contribution is -0.138. The van der Waals surface area contributed by atoms with Gasteiger partial charge in [0.2, 0.25) is 0 Å². The molecule has 0 unspecified atom stereocenters. The van der Waals surface area contributed by atoms with Crippen molar-refractivity contribution in [1.29, 1.82) is 0 Å². The smallest absolute Gasteiger partial charge is 0.303 e. The first-order valence-corrected chi connectivity index (χ1v) is 8.56. The third-order valence-electron chi connectivity index (χ3n) is 4.42. The van der Waals surface area contributed by atoms with Crippen LogP contribution in [0.1, 0.15) is 24.0 Å². The summed E-state index contributed by atoms with van der Waals surface area (Å²) in [6.45, 7) is 0. The molecule has 2 aromatic carbocycles. The third kappa shape index (κ3) is 4.29. The van der Waals surface area contributed by atoms with E-state index in [4.69, 9.17) is 10.2 Å². The number of hydrogen-bond acceptors (Lipinski definition) is 11. The van der Waals surface area contributed by atoms with Gasteiger partial charge in [0, 0.05) is 24.0 Å². The van der Waals surface area contributed by atoms with E-state index in [-0.39, 0.29) is 0 Å². The minimum Gasteiger partial charge on any atom is -0.504 e. The van der Waals surface area contributed by atoms with Gasteiger partial charge in [-0.1, -0.05) is 0 Å². The molecule has 31 heavy (non-hydrogen) atoms. The molecule has 0 spiro atoms. The fourth-order valence-corrected chi connectivity index (χ4v) is 2.79. The molecule has 168 valence electrons. The van der Waals surface area contributed by atoms with Crippen LogP contribution in [0, 0.1) is 0 Å². The Labute approximate surface area is 172 Å². The van der Waals surface area contributed by atoms with E-state index < -0.39 is 106 Å². The van der Waals surface area contributed by atoms with Crippen LogP contribution in [0.5, 0.6) is 46.0 Å². The first kappa shape index (κ1) is 22.9. The molecule has 0 amide bonds. The minimum atomic E-state index is -1.29. The SMILES string of the molecule is O=C(O)CCc1c(O)c(O)c(Nc2c(O)c(O)c(CCC(=O)O)c(O)c2O)c(O)c1O. The van der Waals surface area contributed by atoms with Gasteiger partial charge in [-0.05, 0) is 12.8 Å². The van der Waals surface area contributed by atoms with Crippen LogP contribution in [0.25, 0.3) is 0 Å². The molecule has 13 heteroatoms. The lowest BCUT2D eigenvalue weighted by Gasteiger charge is -2.19. The first-order chi connectivity index (χ1) is 14.4. The highest BCUT2D eigenvalue weighted by Crippen LogP contribution is 2.56. The van der Waals surface area contributed by atoms with Crippen LogP contribution in [0.15, 0.2) is 0 Å². The molecule has 0 atom stereocenters. The maximum Gasteiger partial charge on any atom is 0.303 e. The zero-order chi connectivity index (χ0) is 23.6. The van der Waals surface area contributed by atoms with Crippen molar-refractivity contribution in [3.63, 3.8) is 0 Å². The monoisotopic (exact) mass is 441 g/mol. The number of aromatic hydroxyl groups is 8. The normalized spacial score (nSPS) is 10.7. The second-order valence-corrected chi connectivity index (χ2v) is 6.41. The minimum absolute atomic E-state index is 0.468. The van der Waals surface area contributed by atoms with Gasteiger partial charge >= 0.3 is 11.9 Å². The number of hydrogen-bond donors (Lipinski definition) is 11. The van der Waals surface area contributed by atoms with Gasteiger partial charge in [0.05, 0.1) is 0 Å². The van der Waals surface area contributed by atoms with E-state index in [1.807, 2.05) is 0 Å². The predicted octanol–water partition coefficient (Wildman–Crippen LogP) is 1.11. The summed E-state index contributed by atoms with van der Waals surface area (Å²) in [5.41, 5.74) is -2.72. The Morgan fingerprint density at radius 3 is 1.00 bits per heavy atom. The van der Waals surface area contributed by atoms with Crippen molar-refractivity contribution in [1.82, 2.24) is 0 Å². The Balaban J connectivity index is 2.56. The van der Waals surface area contributed by atoms with E-state index >= 15 is 0 Å². The number of aliphatic carboxylic acids is 2. The molecular weight excluding hydrogens is 422 g/mol. The first-order valence-electron chi connectivity index (χ1n) is 8.56. The molecule has 13 nitrogen and oxygen atoms in total. The Hall–Kier alpha value is -4.42. The highest BCUT2D eigenvalue weighted by atomic mass is 16.4. The number of rotatable bonds is 8. The summed E-state index contributed by atoms with van der Waals surface area (Å²) >= 11 is 0. The van der Waals surface area contributed by atoms with Gasteiger partial charge in [0.1, 0.15) is 11.4 Å². The number of phenols is 8. The molecule has 0 aliphatic rings. The molecule has 0 fully saturated rings. The molecule has 0 saturated carbocycles. The van der Waals surface area contributed by atoms with E-state index in [1.165, 1.54) is 0 Å². The predicted molar refractivity (Wildman–Crippen MR) is 101 cm³/mol. The number of phenolic OH excluding ortho intramolecular Hbond substituents is 8. The molecule has 0 radical (unpaired) electrons. The summed E-state index contributed by atoms with van der Waals surface area (Å²) in [7, 11) is 0. The maximum atomic E-state index is 10.7. The third-order valence-corrected chi connectivity index (χ3v) is 4.42. The standard InChI is InChI=1S/C18H19NO12/c20-7(21)3-1-5-11(24)15(28)9(16(29)12(5)25)19-10-17(30)13(26)6(2-4-8(22)23)14(27)18(10)31/h19,24-31H,1-4H2,(H,20,21)(H,22,23). The van der Waals surface area contributed by atoms with Crippen LogP contribution < -0.4 is 5.32 Å². The second-order valence-electron chi connectivity index (χ2n) is 6.41. The van der Waals surface area contributed by atoms with Gasteiger partial charge in [0.15, 0.2) is 46.0 Å². The Morgan fingerprint density at radius 1 is 0.516 bits per heavy atom. The Morgan fingerprint density at radius 2 is 0.774 bits per heavy atom. The van der Waals surface area contributed by atoms with Crippen molar-refractivity contribution in [3.05, 3.63) is 11.1 Å². The lowest BCUT2D eigenvalue weighted by atomic mass is 10.0. The fraction of sp³-hybridized carbons (Fsp3) is 0.222. The van der Waals surface area contributed by atoms with E-state index in [9.17, 15) is 50.4 Å². The van der Waals surface area contributed by atoms with Crippen LogP contribution in [0.2, 0.25) is 0 Å². The van der Waals surface area contributed by atoms with Gasteiger partial charge < -0.3 is 56.4 Å². The largest absolute Gasteiger partial charge is 0.504 e. The highest BCUT2D eigenvalue weighted by molar-refractivity contribution is 5.87. The topological polar surface area (TPSA) is 248 Å². The van der Waals surface area contributed by atoms with E-state index in [1.54, 1.807) is 0 Å². The average molecular weight is 441 g/mol. The zero-order valence-corrected chi connectivity index (χ0v) is 15.6. The fourth-order valence-electron chi connectivity index (χ4n) is 2.79. The Bertz CT molecular complexity index is 921. The van der Waals surface area contributed by atoms with Crippen LogP contribution in [0.4, 0.5) is 11.4 Å². The number of carboxylic acids is 2. The molecule has 0 bridgehead atoms. The second kappa shape index (κ2) is 8.52. The summed E-state index contributed by atoms with van der Waals surface area (Å²) in [5.74, 6) is -11.0. The molecular formula is C18H19NO12. The Kier molecular flexibility index (Phi) is 6.29. The molecule has 0 saturated heterocycles. The van der Waals surface area contributed by atoms with Gasteiger partial charge in [-0.2, -0.15) is 0 Å². The van der Waals surface area contributed by atoms with E-state index in [0.717, 1.165) is 0 Å². The molecule has 0 aliphatic heterocycles.